The highest BCUT2D eigenvalue weighted by Crippen LogP contribution is 2.30. The predicted molar refractivity (Wildman–Crippen MR) is 89.7 cm³/mol. The van der Waals surface area contributed by atoms with E-state index >= 15 is 0 Å². The Hall–Kier alpha value is -3.02. The van der Waals surface area contributed by atoms with Gasteiger partial charge in [-0.3, -0.25) is 4.79 Å². The van der Waals surface area contributed by atoms with Gasteiger partial charge in [-0.1, -0.05) is 24.3 Å². The molecular formula is C18H18N2O4. The summed E-state index contributed by atoms with van der Waals surface area (Å²) in [6.07, 6.45) is -0.734. The standard InChI is InChI=1S/C18H18N2O4/c1-12(13-6-5-7-14(10-13)22-2)19-20-18(21)17-11-23-15-8-3-4-9-16(15)24-17/h3-10,17H,11H2,1-2H3,(H,20,21)/b19-12+. The molecule has 1 heterocycles. The van der Waals surface area contributed by atoms with Crippen LogP contribution in [0.4, 0.5) is 0 Å². The zero-order chi connectivity index (χ0) is 16.9. The number of hydrogen-bond acceptors (Lipinski definition) is 5. The van der Waals surface area contributed by atoms with Crippen molar-refractivity contribution in [3.05, 3.63) is 54.1 Å². The topological polar surface area (TPSA) is 69.2 Å². The van der Waals surface area contributed by atoms with Crippen molar-refractivity contribution in [3.63, 3.8) is 0 Å². The summed E-state index contributed by atoms with van der Waals surface area (Å²) in [7, 11) is 1.60. The number of nitrogens with one attached hydrogen (secondary N) is 1. The molecule has 2 aromatic rings. The van der Waals surface area contributed by atoms with Gasteiger partial charge in [0.05, 0.1) is 12.8 Å². The lowest BCUT2D eigenvalue weighted by Gasteiger charge is -2.24. The number of ether oxygens (including phenoxy) is 3. The van der Waals surface area contributed by atoms with Gasteiger partial charge in [-0.05, 0) is 31.2 Å². The average Bonchev–Trinajstić information content (AvgIpc) is 2.65. The Balaban J connectivity index is 1.65. The molecule has 3 rings (SSSR count). The van der Waals surface area contributed by atoms with E-state index in [2.05, 4.69) is 10.5 Å². The number of carbonyl (C=O) groups is 1. The predicted octanol–water partition coefficient (Wildman–Crippen LogP) is 2.38. The van der Waals surface area contributed by atoms with Crippen LogP contribution in [0.3, 0.4) is 0 Å². The number of benzene rings is 2. The van der Waals surface area contributed by atoms with E-state index in [1.807, 2.05) is 43.3 Å². The van der Waals surface area contributed by atoms with Crippen LogP contribution in [0, 0.1) is 0 Å². The number of hydrogen-bond donors (Lipinski definition) is 1. The average molecular weight is 326 g/mol. The Morgan fingerprint density at radius 3 is 2.79 bits per heavy atom. The van der Waals surface area contributed by atoms with Gasteiger partial charge in [0.1, 0.15) is 12.4 Å². The fourth-order valence-corrected chi connectivity index (χ4v) is 2.27. The number of methoxy groups -OCH3 is 1. The molecule has 0 bridgehead atoms. The largest absolute Gasteiger partial charge is 0.497 e. The zero-order valence-corrected chi connectivity index (χ0v) is 13.5. The first-order valence-electron chi connectivity index (χ1n) is 7.54. The van der Waals surface area contributed by atoms with Crippen molar-refractivity contribution in [1.82, 2.24) is 5.43 Å². The van der Waals surface area contributed by atoms with E-state index in [0.717, 1.165) is 11.3 Å². The van der Waals surface area contributed by atoms with Gasteiger partial charge in [-0.2, -0.15) is 5.10 Å². The third-order valence-electron chi connectivity index (χ3n) is 3.62. The zero-order valence-electron chi connectivity index (χ0n) is 13.5. The molecule has 2 aromatic carbocycles. The summed E-state index contributed by atoms with van der Waals surface area (Å²) >= 11 is 0. The van der Waals surface area contributed by atoms with Gasteiger partial charge in [0.15, 0.2) is 11.5 Å². The molecule has 0 spiro atoms. The van der Waals surface area contributed by atoms with Gasteiger partial charge in [-0.25, -0.2) is 5.43 Å². The maximum atomic E-state index is 12.2. The summed E-state index contributed by atoms with van der Waals surface area (Å²) in [4.78, 5) is 12.2. The molecule has 1 aliphatic rings. The lowest BCUT2D eigenvalue weighted by Crippen LogP contribution is -2.42. The molecule has 1 atom stereocenters. The van der Waals surface area contributed by atoms with Crippen molar-refractivity contribution >= 4 is 11.6 Å². The van der Waals surface area contributed by atoms with Crippen molar-refractivity contribution in [2.75, 3.05) is 13.7 Å². The van der Waals surface area contributed by atoms with Crippen molar-refractivity contribution in [3.8, 4) is 17.2 Å². The number of nitrogens with zero attached hydrogens (tertiary/aromatic N) is 1. The van der Waals surface area contributed by atoms with E-state index in [1.165, 1.54) is 0 Å². The SMILES string of the molecule is COc1cccc(/C(C)=N/NC(=O)C2COc3ccccc3O2)c1. The summed E-state index contributed by atoms with van der Waals surface area (Å²) in [6.45, 7) is 1.96. The Morgan fingerprint density at radius 2 is 2.00 bits per heavy atom. The second-order valence-electron chi connectivity index (χ2n) is 5.27. The number of carbonyl (C=O) groups excluding carboxylic acids is 1. The normalized spacial score (nSPS) is 16.4. The van der Waals surface area contributed by atoms with Crippen LogP contribution in [-0.2, 0) is 4.79 Å². The maximum absolute atomic E-state index is 12.2. The number of rotatable bonds is 4. The molecule has 1 N–H and O–H groups in total. The third kappa shape index (κ3) is 3.48. The Morgan fingerprint density at radius 1 is 1.21 bits per heavy atom. The molecule has 124 valence electrons. The van der Waals surface area contributed by atoms with Crippen LogP contribution in [0.25, 0.3) is 0 Å². The molecule has 0 aliphatic carbocycles. The molecule has 1 amide bonds. The molecule has 0 radical (unpaired) electrons. The summed E-state index contributed by atoms with van der Waals surface area (Å²) in [5.74, 6) is 1.57. The van der Waals surface area contributed by atoms with Crippen LogP contribution in [0.2, 0.25) is 0 Å². The van der Waals surface area contributed by atoms with Crippen LogP contribution >= 0.6 is 0 Å². The molecule has 0 fully saturated rings. The van der Waals surface area contributed by atoms with Gasteiger partial charge < -0.3 is 14.2 Å². The van der Waals surface area contributed by atoms with Gasteiger partial charge in [0.25, 0.3) is 5.91 Å². The van der Waals surface area contributed by atoms with Gasteiger partial charge in [-0.15, -0.1) is 0 Å². The minimum absolute atomic E-state index is 0.149. The van der Waals surface area contributed by atoms with Crippen LogP contribution < -0.4 is 19.6 Å². The van der Waals surface area contributed by atoms with E-state index < -0.39 is 6.10 Å². The molecule has 6 nitrogen and oxygen atoms in total. The Labute approximate surface area is 140 Å². The number of fused-ring (bicyclic) bond motifs is 1. The lowest BCUT2D eigenvalue weighted by molar-refractivity contribution is -0.130. The molecule has 1 unspecified atom stereocenters. The first-order valence-corrected chi connectivity index (χ1v) is 7.54. The van der Waals surface area contributed by atoms with Crippen LogP contribution in [-0.4, -0.2) is 31.4 Å². The highest BCUT2D eigenvalue weighted by molar-refractivity contribution is 5.99. The second-order valence-corrected chi connectivity index (χ2v) is 5.27. The number of hydrazone groups is 1. The Kier molecular flexibility index (Phi) is 4.65. The molecule has 0 saturated carbocycles. The monoisotopic (exact) mass is 326 g/mol. The van der Waals surface area contributed by atoms with Gasteiger partial charge in [0.2, 0.25) is 6.10 Å². The van der Waals surface area contributed by atoms with Crippen LogP contribution in [0.5, 0.6) is 17.2 Å². The second kappa shape index (κ2) is 7.04. The molecule has 6 heteroatoms. The highest BCUT2D eigenvalue weighted by atomic mass is 16.6. The van der Waals surface area contributed by atoms with Gasteiger partial charge >= 0.3 is 0 Å². The molecular weight excluding hydrogens is 308 g/mol. The molecule has 0 saturated heterocycles. The number of para-hydroxylation sites is 2. The first kappa shape index (κ1) is 15.9. The lowest BCUT2D eigenvalue weighted by atomic mass is 10.1. The maximum Gasteiger partial charge on any atom is 0.284 e. The third-order valence-corrected chi connectivity index (χ3v) is 3.62. The van der Waals surface area contributed by atoms with Crippen molar-refractivity contribution in [2.24, 2.45) is 5.10 Å². The van der Waals surface area contributed by atoms with E-state index in [-0.39, 0.29) is 12.5 Å². The Bertz CT molecular complexity index is 773. The summed E-state index contributed by atoms with van der Waals surface area (Å²) in [5, 5.41) is 4.13. The fourth-order valence-electron chi connectivity index (χ4n) is 2.27. The van der Waals surface area contributed by atoms with Crippen molar-refractivity contribution in [1.29, 1.82) is 0 Å². The summed E-state index contributed by atoms with van der Waals surface area (Å²) < 4.78 is 16.4. The number of amides is 1. The first-order chi connectivity index (χ1) is 11.7. The van der Waals surface area contributed by atoms with Gasteiger partial charge in [0, 0.05) is 5.56 Å². The molecule has 0 aromatic heterocycles. The minimum Gasteiger partial charge on any atom is -0.497 e. The smallest absolute Gasteiger partial charge is 0.284 e. The van der Waals surface area contributed by atoms with E-state index in [1.54, 1.807) is 19.2 Å². The highest BCUT2D eigenvalue weighted by Gasteiger charge is 2.27. The van der Waals surface area contributed by atoms with Crippen molar-refractivity contribution < 1.29 is 19.0 Å². The van der Waals surface area contributed by atoms with E-state index in [0.29, 0.717) is 17.2 Å². The van der Waals surface area contributed by atoms with Crippen LogP contribution in [0.1, 0.15) is 12.5 Å². The minimum atomic E-state index is -0.734. The summed E-state index contributed by atoms with van der Waals surface area (Å²) in [6, 6.07) is 14.7. The molecule has 1 aliphatic heterocycles. The van der Waals surface area contributed by atoms with E-state index in [9.17, 15) is 4.79 Å². The van der Waals surface area contributed by atoms with Crippen molar-refractivity contribution in [2.45, 2.75) is 13.0 Å². The summed E-state index contributed by atoms with van der Waals surface area (Å²) in [5.41, 5.74) is 4.05. The van der Waals surface area contributed by atoms with Crippen LogP contribution in [0.15, 0.2) is 53.6 Å². The van der Waals surface area contributed by atoms with E-state index in [4.69, 9.17) is 14.2 Å². The molecule has 24 heavy (non-hydrogen) atoms. The fraction of sp³-hybridized carbons (Fsp3) is 0.222. The quantitative estimate of drug-likeness (QED) is 0.692.